The second kappa shape index (κ2) is 6.15. The first-order valence-electron chi connectivity index (χ1n) is 8.04. The van der Waals surface area contributed by atoms with Gasteiger partial charge in [0.25, 0.3) is 5.91 Å². The maximum atomic E-state index is 12.7. The second-order valence-corrected chi connectivity index (χ2v) is 6.65. The zero-order valence-electron chi connectivity index (χ0n) is 12.9. The summed E-state index contributed by atoms with van der Waals surface area (Å²) >= 11 is 0. The molecule has 0 spiro atoms. The fourth-order valence-corrected chi connectivity index (χ4v) is 3.87. The molecule has 6 heteroatoms. The number of hydrogen-bond donors (Lipinski definition) is 1. The average Bonchev–Trinajstić information content (AvgIpc) is 3.07. The van der Waals surface area contributed by atoms with Gasteiger partial charge in [-0.2, -0.15) is 13.2 Å². The van der Waals surface area contributed by atoms with E-state index in [9.17, 15) is 18.0 Å². The number of fused-ring (bicyclic) bond motifs is 1. The van der Waals surface area contributed by atoms with E-state index in [0.29, 0.717) is 36.1 Å². The number of hydrogen-bond acceptors (Lipinski definition) is 2. The Balaban J connectivity index is 1.73. The van der Waals surface area contributed by atoms with E-state index >= 15 is 0 Å². The van der Waals surface area contributed by atoms with Crippen molar-refractivity contribution in [2.45, 2.75) is 37.9 Å². The summed E-state index contributed by atoms with van der Waals surface area (Å²) in [6.07, 6.45) is -3.25. The van der Waals surface area contributed by atoms with E-state index < -0.39 is 12.6 Å². The van der Waals surface area contributed by atoms with Crippen molar-refractivity contribution in [2.75, 3.05) is 13.1 Å². The Morgan fingerprint density at radius 3 is 2.65 bits per heavy atom. The molecule has 2 N–H and O–H groups in total. The molecule has 1 aliphatic carbocycles. The molecule has 3 nitrogen and oxygen atoms in total. The Hall–Kier alpha value is -1.56. The first-order valence-corrected chi connectivity index (χ1v) is 8.04. The van der Waals surface area contributed by atoms with Crippen LogP contribution in [0.1, 0.15) is 35.2 Å². The molecule has 1 aromatic carbocycles. The highest BCUT2D eigenvalue weighted by atomic mass is 19.4. The molecular weight excluding hydrogens is 305 g/mol. The summed E-state index contributed by atoms with van der Waals surface area (Å²) < 4.78 is 37.4. The minimum atomic E-state index is -4.21. The highest BCUT2D eigenvalue weighted by Gasteiger charge is 2.42. The highest BCUT2D eigenvalue weighted by molar-refractivity contribution is 5.96. The molecule has 0 radical (unpaired) electrons. The molecule has 2 fully saturated rings. The van der Waals surface area contributed by atoms with Gasteiger partial charge in [0.15, 0.2) is 0 Å². The van der Waals surface area contributed by atoms with Gasteiger partial charge in [0.05, 0.1) is 0 Å². The Morgan fingerprint density at radius 1 is 1.22 bits per heavy atom. The lowest BCUT2D eigenvalue weighted by Crippen LogP contribution is -2.34. The molecule has 1 heterocycles. The van der Waals surface area contributed by atoms with Crippen LogP contribution in [-0.4, -0.2) is 36.1 Å². The quantitative estimate of drug-likeness (QED) is 0.928. The van der Waals surface area contributed by atoms with Crippen molar-refractivity contribution in [2.24, 2.45) is 17.6 Å². The van der Waals surface area contributed by atoms with Crippen molar-refractivity contribution in [3.8, 4) is 0 Å². The summed E-state index contributed by atoms with van der Waals surface area (Å²) in [6, 6.07) is 6.76. The molecular formula is C17H21F3N2O. The van der Waals surface area contributed by atoms with Crippen LogP contribution in [0, 0.1) is 11.8 Å². The Morgan fingerprint density at radius 2 is 1.96 bits per heavy atom. The van der Waals surface area contributed by atoms with Gasteiger partial charge >= 0.3 is 6.18 Å². The number of benzene rings is 1. The van der Waals surface area contributed by atoms with Crippen molar-refractivity contribution in [3.05, 3.63) is 35.4 Å². The van der Waals surface area contributed by atoms with Crippen molar-refractivity contribution >= 4 is 5.91 Å². The predicted molar refractivity (Wildman–Crippen MR) is 80.9 cm³/mol. The van der Waals surface area contributed by atoms with Crippen LogP contribution in [0.5, 0.6) is 0 Å². The summed E-state index contributed by atoms with van der Waals surface area (Å²) in [5.41, 5.74) is 6.95. The molecule has 3 unspecified atom stereocenters. The van der Waals surface area contributed by atoms with E-state index in [4.69, 9.17) is 5.73 Å². The summed E-state index contributed by atoms with van der Waals surface area (Å²) in [5, 5.41) is 0. The molecule has 1 aliphatic heterocycles. The molecule has 23 heavy (non-hydrogen) atoms. The van der Waals surface area contributed by atoms with Gasteiger partial charge in [0.1, 0.15) is 0 Å². The number of nitrogens with two attached hydrogens (primary N) is 1. The number of amides is 1. The number of halogens is 3. The van der Waals surface area contributed by atoms with Gasteiger partial charge in [-0.15, -0.1) is 0 Å². The molecule has 0 aromatic heterocycles. The van der Waals surface area contributed by atoms with Gasteiger partial charge in [-0.3, -0.25) is 4.79 Å². The topological polar surface area (TPSA) is 46.3 Å². The van der Waals surface area contributed by atoms with E-state index in [0.717, 1.165) is 12.8 Å². The van der Waals surface area contributed by atoms with Gasteiger partial charge in [-0.1, -0.05) is 18.2 Å². The molecule has 1 saturated heterocycles. The van der Waals surface area contributed by atoms with Crippen molar-refractivity contribution in [3.63, 3.8) is 0 Å². The molecule has 1 amide bonds. The number of rotatable bonds is 3. The van der Waals surface area contributed by atoms with Crippen LogP contribution in [0.3, 0.4) is 0 Å². The van der Waals surface area contributed by atoms with Crippen molar-refractivity contribution < 1.29 is 18.0 Å². The third-order valence-corrected chi connectivity index (χ3v) is 5.13. The summed E-state index contributed by atoms with van der Waals surface area (Å²) in [7, 11) is 0. The zero-order valence-corrected chi connectivity index (χ0v) is 12.9. The summed E-state index contributed by atoms with van der Waals surface area (Å²) in [6.45, 7) is 1.29. The van der Waals surface area contributed by atoms with Crippen LogP contribution in [0.15, 0.2) is 24.3 Å². The normalized spacial score (nSPS) is 27.3. The van der Waals surface area contributed by atoms with Gasteiger partial charge in [-0.05, 0) is 42.7 Å². The van der Waals surface area contributed by atoms with E-state index in [1.54, 1.807) is 29.2 Å². The average molecular weight is 326 g/mol. The Kier molecular flexibility index (Phi) is 4.36. The molecule has 3 atom stereocenters. The van der Waals surface area contributed by atoms with Crippen molar-refractivity contribution in [1.82, 2.24) is 4.90 Å². The van der Waals surface area contributed by atoms with Crippen LogP contribution in [0.4, 0.5) is 13.2 Å². The largest absolute Gasteiger partial charge is 0.389 e. The van der Waals surface area contributed by atoms with E-state index in [1.807, 2.05) is 0 Å². The number of aryl methyl sites for hydroxylation is 1. The van der Waals surface area contributed by atoms with Crippen LogP contribution >= 0.6 is 0 Å². The first-order chi connectivity index (χ1) is 10.8. The molecule has 3 rings (SSSR count). The van der Waals surface area contributed by atoms with Gasteiger partial charge in [0.2, 0.25) is 0 Å². The Bertz CT molecular complexity index is 587. The first kappa shape index (κ1) is 16.3. The molecule has 0 bridgehead atoms. The van der Waals surface area contributed by atoms with Crippen molar-refractivity contribution in [1.29, 1.82) is 0 Å². The van der Waals surface area contributed by atoms with Gasteiger partial charge in [0, 0.05) is 31.1 Å². The third kappa shape index (κ3) is 3.52. The maximum absolute atomic E-state index is 12.7. The van der Waals surface area contributed by atoms with Crippen LogP contribution < -0.4 is 5.73 Å². The van der Waals surface area contributed by atoms with E-state index in [2.05, 4.69) is 0 Å². The predicted octanol–water partition coefficient (Wildman–Crippen LogP) is 2.99. The van der Waals surface area contributed by atoms with E-state index in [-0.39, 0.29) is 18.4 Å². The fourth-order valence-electron chi connectivity index (χ4n) is 3.87. The number of alkyl halides is 3. The number of carbonyl (C=O) groups is 1. The molecule has 126 valence electrons. The number of likely N-dealkylation sites (tertiary alicyclic amines) is 1. The molecule has 2 aliphatic rings. The van der Waals surface area contributed by atoms with Gasteiger partial charge in [-0.25, -0.2) is 0 Å². The van der Waals surface area contributed by atoms with Crippen LogP contribution in [-0.2, 0) is 6.42 Å². The lowest BCUT2D eigenvalue weighted by molar-refractivity contribution is -0.134. The van der Waals surface area contributed by atoms with Gasteiger partial charge < -0.3 is 10.6 Å². The minimum absolute atomic E-state index is 0.137. The van der Waals surface area contributed by atoms with E-state index in [1.165, 1.54) is 0 Å². The molecule has 1 saturated carbocycles. The monoisotopic (exact) mass is 326 g/mol. The maximum Gasteiger partial charge on any atom is 0.389 e. The third-order valence-electron chi connectivity index (χ3n) is 5.13. The van der Waals surface area contributed by atoms with Crippen LogP contribution in [0.2, 0.25) is 0 Å². The Labute approximate surface area is 133 Å². The second-order valence-electron chi connectivity index (χ2n) is 6.65. The SMILES string of the molecule is NC1CCC2CN(C(=O)c3ccccc3CCC(F)(F)F)CC12. The molecule has 1 aromatic rings. The summed E-state index contributed by atoms with van der Waals surface area (Å²) in [5.74, 6) is 0.613. The standard InChI is InChI=1S/C17H21F3N2O/c18-17(19,20)8-7-11-3-1-2-4-13(11)16(23)22-9-12-5-6-15(21)14(12)10-22/h1-4,12,14-15H,5-10,21H2. The fraction of sp³-hybridized carbons (Fsp3) is 0.588. The highest BCUT2D eigenvalue weighted by Crippen LogP contribution is 2.37. The summed E-state index contributed by atoms with van der Waals surface area (Å²) in [4.78, 5) is 14.5. The smallest absolute Gasteiger partial charge is 0.338 e. The number of nitrogens with zero attached hydrogens (tertiary/aromatic N) is 1. The number of carbonyl (C=O) groups excluding carboxylic acids is 1. The lowest BCUT2D eigenvalue weighted by atomic mass is 9.98. The minimum Gasteiger partial charge on any atom is -0.338 e. The van der Waals surface area contributed by atoms with Crippen LogP contribution in [0.25, 0.3) is 0 Å². The lowest BCUT2D eigenvalue weighted by Gasteiger charge is -2.20. The zero-order chi connectivity index (χ0) is 16.6.